The number of halogens is 1. The monoisotopic (exact) mass is 532 g/mol. The van der Waals surface area contributed by atoms with E-state index in [0.717, 1.165) is 5.56 Å². The molecular weight excluding hydrogens is 503 g/mol. The zero-order valence-corrected chi connectivity index (χ0v) is 21.9. The Morgan fingerprint density at radius 1 is 0.706 bits per heavy atom. The number of hydrogen-bond acceptors (Lipinski definition) is 2. The van der Waals surface area contributed by atoms with E-state index in [4.69, 9.17) is 4.74 Å². The third-order valence-electron chi connectivity index (χ3n) is 6.02. The summed E-state index contributed by atoms with van der Waals surface area (Å²) in [5.41, 5.74) is 0.565. The Kier molecular flexibility index (Phi) is 9.39. The van der Waals surface area contributed by atoms with Crippen molar-refractivity contribution in [3.8, 4) is 0 Å². The van der Waals surface area contributed by atoms with Crippen LogP contribution in [0.5, 0.6) is 0 Å². The van der Waals surface area contributed by atoms with Crippen molar-refractivity contribution in [3.05, 3.63) is 139 Å². The second-order valence-electron chi connectivity index (χ2n) is 8.00. The number of hydrogen-bond donors (Lipinski definition) is 0. The van der Waals surface area contributed by atoms with Gasteiger partial charge in [-0.1, -0.05) is 0 Å². The fourth-order valence-corrected chi connectivity index (χ4v) is 9.70. The van der Waals surface area contributed by atoms with Gasteiger partial charge in [0.1, 0.15) is 0 Å². The number of benzene rings is 4. The number of ether oxygens (including phenoxy) is 1. The minimum absolute atomic E-state index is 0. The summed E-state index contributed by atoms with van der Waals surface area (Å²) in [5, 5.41) is 3.55. The van der Waals surface area contributed by atoms with E-state index in [2.05, 4.69) is 72.8 Å². The first-order chi connectivity index (χ1) is 16.3. The SMILES string of the molecule is Br.CC=CC(C(=O)OCc1ccccc1)[PH](c1ccccc1)(c1ccccc1)c1ccccc1. The fraction of sp³-hybridized carbons (Fsp3) is 0.100. The molecule has 4 rings (SSSR count). The molecule has 0 aliphatic heterocycles. The van der Waals surface area contributed by atoms with Gasteiger partial charge in [0.15, 0.2) is 0 Å². The van der Waals surface area contributed by atoms with Crippen LogP contribution in [0.1, 0.15) is 12.5 Å². The molecule has 0 N–H and O–H groups in total. The van der Waals surface area contributed by atoms with Crippen molar-refractivity contribution in [2.75, 3.05) is 0 Å². The summed E-state index contributed by atoms with van der Waals surface area (Å²) >= 11 is 0. The molecule has 0 fully saturated rings. The maximum atomic E-state index is 13.8. The van der Waals surface area contributed by atoms with E-state index in [1.807, 2.05) is 67.6 Å². The van der Waals surface area contributed by atoms with E-state index in [1.54, 1.807) is 0 Å². The minimum atomic E-state index is -2.84. The molecule has 4 heteroatoms. The summed E-state index contributed by atoms with van der Waals surface area (Å²) < 4.78 is 5.96. The summed E-state index contributed by atoms with van der Waals surface area (Å²) in [5.74, 6) is -0.194. The first-order valence-corrected chi connectivity index (χ1v) is 13.3. The van der Waals surface area contributed by atoms with Gasteiger partial charge in [-0.25, -0.2) is 0 Å². The summed E-state index contributed by atoms with van der Waals surface area (Å²) in [6.07, 6.45) is 4.01. The van der Waals surface area contributed by atoms with E-state index in [-0.39, 0.29) is 29.6 Å². The Morgan fingerprint density at radius 2 is 1.09 bits per heavy atom. The first kappa shape index (κ1) is 25.6. The molecule has 0 spiro atoms. The van der Waals surface area contributed by atoms with E-state index >= 15 is 0 Å². The molecule has 0 saturated heterocycles. The standard InChI is InChI=1S/C30H29O2P.BrH/c1-2-15-29(30(31)32-24-25-16-7-3-8-17-25)33(26-18-9-4-10-19-26,27-20-11-5-12-21-27)28-22-13-6-14-23-28;/h2-23,29,33H,24H2,1H3;1H. The van der Waals surface area contributed by atoms with Crippen LogP contribution in [0.3, 0.4) is 0 Å². The molecule has 34 heavy (non-hydrogen) atoms. The van der Waals surface area contributed by atoms with Gasteiger partial charge in [0, 0.05) is 0 Å². The summed E-state index contributed by atoms with van der Waals surface area (Å²) in [6.45, 7) is 2.23. The van der Waals surface area contributed by atoms with Gasteiger partial charge in [0.2, 0.25) is 0 Å². The third kappa shape index (κ3) is 5.38. The second-order valence-corrected chi connectivity index (χ2v) is 12.0. The van der Waals surface area contributed by atoms with Crippen LogP contribution in [0.15, 0.2) is 133 Å². The fourth-order valence-electron chi connectivity index (χ4n) is 4.55. The predicted molar refractivity (Wildman–Crippen MR) is 152 cm³/mol. The van der Waals surface area contributed by atoms with Crippen LogP contribution in [0.2, 0.25) is 0 Å². The van der Waals surface area contributed by atoms with Crippen LogP contribution < -0.4 is 15.9 Å². The van der Waals surface area contributed by atoms with Crippen LogP contribution in [-0.2, 0) is 16.1 Å². The number of rotatable bonds is 8. The summed E-state index contributed by atoms with van der Waals surface area (Å²) in [7, 11) is -2.84. The molecular formula is C30H30BrO2P. The van der Waals surface area contributed by atoms with Crippen molar-refractivity contribution in [2.45, 2.75) is 19.2 Å². The number of allylic oxidation sites excluding steroid dienone is 1. The quantitative estimate of drug-likeness (QED) is 0.158. The van der Waals surface area contributed by atoms with Crippen LogP contribution in [0, 0.1) is 0 Å². The Balaban J connectivity index is 0.00000324. The Bertz CT molecular complexity index is 1080. The zero-order valence-electron chi connectivity index (χ0n) is 19.2. The molecule has 0 amide bonds. The van der Waals surface area contributed by atoms with E-state index in [1.165, 1.54) is 15.9 Å². The summed E-state index contributed by atoms with van der Waals surface area (Å²) in [4.78, 5) is 13.8. The van der Waals surface area contributed by atoms with Gasteiger partial charge in [0.05, 0.1) is 0 Å². The average molecular weight is 533 g/mol. The molecule has 174 valence electrons. The maximum absolute atomic E-state index is 13.8. The van der Waals surface area contributed by atoms with Gasteiger partial charge >= 0.3 is 197 Å². The van der Waals surface area contributed by atoms with Gasteiger partial charge in [-0.05, 0) is 0 Å². The van der Waals surface area contributed by atoms with E-state index < -0.39 is 12.9 Å². The molecule has 0 radical (unpaired) electrons. The Hall–Kier alpha value is -3.00. The Labute approximate surface area is 213 Å². The number of carbonyl (C=O) groups is 1. The first-order valence-electron chi connectivity index (χ1n) is 11.3. The molecule has 0 aromatic heterocycles. The molecule has 0 aliphatic carbocycles. The molecule has 1 unspecified atom stereocenters. The van der Waals surface area contributed by atoms with Crippen molar-refractivity contribution in [3.63, 3.8) is 0 Å². The average Bonchev–Trinajstić information content (AvgIpc) is 2.90. The van der Waals surface area contributed by atoms with Crippen LogP contribution >= 0.6 is 24.2 Å². The molecule has 0 heterocycles. The van der Waals surface area contributed by atoms with E-state index in [0.29, 0.717) is 0 Å². The topological polar surface area (TPSA) is 26.3 Å². The molecule has 0 aliphatic rings. The Morgan fingerprint density at radius 3 is 1.47 bits per heavy atom. The molecule has 0 saturated carbocycles. The van der Waals surface area contributed by atoms with Gasteiger partial charge < -0.3 is 0 Å². The van der Waals surface area contributed by atoms with Crippen molar-refractivity contribution in [2.24, 2.45) is 0 Å². The molecule has 4 aromatic carbocycles. The van der Waals surface area contributed by atoms with Crippen LogP contribution in [-0.4, -0.2) is 11.6 Å². The van der Waals surface area contributed by atoms with Crippen LogP contribution in [0.25, 0.3) is 0 Å². The predicted octanol–water partition coefficient (Wildman–Crippen LogP) is 5.98. The molecule has 4 aromatic rings. The summed E-state index contributed by atoms with van der Waals surface area (Å²) in [6, 6.07) is 41.2. The molecule has 0 bridgehead atoms. The molecule has 2 nitrogen and oxygen atoms in total. The van der Waals surface area contributed by atoms with Gasteiger partial charge in [0.25, 0.3) is 0 Å². The third-order valence-corrected chi connectivity index (χ3v) is 11.1. The van der Waals surface area contributed by atoms with Crippen LogP contribution in [0.4, 0.5) is 0 Å². The number of esters is 1. The second kappa shape index (κ2) is 12.5. The normalized spacial score (nSPS) is 12.5. The molecule has 1 atom stereocenters. The van der Waals surface area contributed by atoms with Crippen molar-refractivity contribution >= 4 is 46.1 Å². The van der Waals surface area contributed by atoms with Crippen molar-refractivity contribution < 1.29 is 9.53 Å². The van der Waals surface area contributed by atoms with Crippen molar-refractivity contribution in [1.82, 2.24) is 0 Å². The van der Waals surface area contributed by atoms with Crippen molar-refractivity contribution in [1.29, 1.82) is 0 Å². The number of carbonyl (C=O) groups excluding carboxylic acids is 1. The van der Waals surface area contributed by atoms with Gasteiger partial charge in [-0.3, -0.25) is 0 Å². The van der Waals surface area contributed by atoms with Gasteiger partial charge in [-0.2, -0.15) is 0 Å². The zero-order chi connectivity index (χ0) is 22.9. The van der Waals surface area contributed by atoms with Gasteiger partial charge in [-0.15, -0.1) is 17.0 Å². The van der Waals surface area contributed by atoms with E-state index in [9.17, 15) is 4.79 Å².